The average molecular weight is 262 g/mol. The van der Waals surface area contributed by atoms with E-state index in [0.29, 0.717) is 11.7 Å². The van der Waals surface area contributed by atoms with Crippen LogP contribution >= 0.6 is 0 Å². The van der Waals surface area contributed by atoms with Crippen LogP contribution in [0.1, 0.15) is 70.8 Å². The van der Waals surface area contributed by atoms with Gasteiger partial charge < -0.3 is 4.74 Å². The predicted molar refractivity (Wildman–Crippen MR) is 79.5 cm³/mol. The Labute approximate surface area is 117 Å². The highest BCUT2D eigenvalue weighted by molar-refractivity contribution is 5.69. The van der Waals surface area contributed by atoms with Gasteiger partial charge in [0.05, 0.1) is 0 Å². The van der Waals surface area contributed by atoms with Crippen molar-refractivity contribution >= 4 is 5.97 Å². The molecule has 0 fully saturated rings. The second kappa shape index (κ2) is 8.73. The molecule has 1 atom stereocenters. The lowest BCUT2D eigenvalue weighted by Gasteiger charge is -2.17. The number of hydrogen-bond acceptors (Lipinski definition) is 2. The van der Waals surface area contributed by atoms with E-state index in [9.17, 15) is 4.79 Å². The third-order valence-electron chi connectivity index (χ3n) is 3.38. The third-order valence-corrected chi connectivity index (χ3v) is 3.38. The maximum Gasteiger partial charge on any atom is 0.308 e. The summed E-state index contributed by atoms with van der Waals surface area (Å²) < 4.78 is 5.17. The lowest BCUT2D eigenvalue weighted by atomic mass is 9.89. The molecule has 2 heteroatoms. The van der Waals surface area contributed by atoms with Crippen molar-refractivity contribution in [3.8, 4) is 5.75 Å². The summed E-state index contributed by atoms with van der Waals surface area (Å²) in [5.41, 5.74) is 1.30. The minimum atomic E-state index is -0.254. The third kappa shape index (κ3) is 5.91. The zero-order valence-electron chi connectivity index (χ0n) is 12.4. The molecule has 0 amide bonds. The zero-order valence-corrected chi connectivity index (χ0v) is 12.4. The van der Waals surface area contributed by atoms with Gasteiger partial charge in [0.2, 0.25) is 0 Å². The fraction of sp³-hybridized carbons (Fsp3) is 0.588. The van der Waals surface area contributed by atoms with Crippen molar-refractivity contribution < 1.29 is 9.53 Å². The average Bonchev–Trinajstić information content (AvgIpc) is 2.37. The van der Waals surface area contributed by atoms with Gasteiger partial charge in [0, 0.05) is 6.92 Å². The number of benzene rings is 1. The Morgan fingerprint density at radius 3 is 2.58 bits per heavy atom. The lowest BCUT2D eigenvalue weighted by Crippen LogP contribution is -2.03. The molecule has 1 aromatic carbocycles. The van der Waals surface area contributed by atoms with Crippen LogP contribution < -0.4 is 4.74 Å². The van der Waals surface area contributed by atoms with E-state index >= 15 is 0 Å². The van der Waals surface area contributed by atoms with Crippen LogP contribution in [0.2, 0.25) is 0 Å². The van der Waals surface area contributed by atoms with E-state index in [1.54, 1.807) is 0 Å². The highest BCUT2D eigenvalue weighted by atomic mass is 16.5. The van der Waals surface area contributed by atoms with Crippen molar-refractivity contribution in [2.75, 3.05) is 0 Å². The fourth-order valence-electron chi connectivity index (χ4n) is 2.46. The maximum atomic E-state index is 11.0. The van der Waals surface area contributed by atoms with Gasteiger partial charge in [-0.15, -0.1) is 0 Å². The molecule has 1 unspecified atom stereocenters. The minimum absolute atomic E-state index is 0.254. The number of unbranched alkanes of at least 4 members (excludes halogenated alkanes) is 2. The van der Waals surface area contributed by atoms with Crippen molar-refractivity contribution in [1.29, 1.82) is 0 Å². The number of esters is 1. The topological polar surface area (TPSA) is 26.3 Å². The number of ether oxygens (including phenoxy) is 1. The number of carbonyl (C=O) groups is 1. The van der Waals surface area contributed by atoms with Gasteiger partial charge in [0.25, 0.3) is 0 Å². The predicted octanol–water partition coefficient (Wildman–Crippen LogP) is 5.08. The van der Waals surface area contributed by atoms with Gasteiger partial charge in [-0.05, 0) is 36.5 Å². The van der Waals surface area contributed by atoms with Gasteiger partial charge in [-0.25, -0.2) is 0 Å². The van der Waals surface area contributed by atoms with Crippen LogP contribution in [0.5, 0.6) is 5.75 Å². The van der Waals surface area contributed by atoms with Gasteiger partial charge >= 0.3 is 5.97 Å². The van der Waals surface area contributed by atoms with E-state index in [-0.39, 0.29) is 5.97 Å². The molecule has 0 aliphatic rings. The van der Waals surface area contributed by atoms with Crippen LogP contribution in [-0.2, 0) is 4.79 Å². The number of hydrogen-bond donors (Lipinski definition) is 0. The van der Waals surface area contributed by atoms with Crippen molar-refractivity contribution in [2.24, 2.45) is 0 Å². The minimum Gasteiger partial charge on any atom is -0.427 e. The smallest absolute Gasteiger partial charge is 0.308 e. The monoisotopic (exact) mass is 262 g/mol. The Hall–Kier alpha value is -1.31. The SMILES string of the molecule is CCCCCC(CCC)c1cccc(OC(C)=O)c1. The number of rotatable bonds is 8. The molecule has 1 aromatic rings. The van der Waals surface area contributed by atoms with Crippen molar-refractivity contribution in [2.45, 2.75) is 65.2 Å². The molecule has 1 rings (SSSR count). The molecule has 2 nitrogen and oxygen atoms in total. The standard InChI is InChI=1S/C17H26O2/c1-4-6-7-10-15(9-5-2)16-11-8-12-17(13-16)19-14(3)18/h8,11-13,15H,4-7,9-10H2,1-3H3. The van der Waals surface area contributed by atoms with Crippen LogP contribution in [0.4, 0.5) is 0 Å². The molecule has 0 spiro atoms. The second-order valence-electron chi connectivity index (χ2n) is 5.15. The number of carbonyl (C=O) groups excluding carboxylic acids is 1. The molecule has 0 aromatic heterocycles. The molecule has 0 radical (unpaired) electrons. The lowest BCUT2D eigenvalue weighted by molar-refractivity contribution is -0.131. The summed E-state index contributed by atoms with van der Waals surface area (Å²) in [6, 6.07) is 8.00. The summed E-state index contributed by atoms with van der Waals surface area (Å²) in [5, 5.41) is 0. The molecule has 0 saturated carbocycles. The normalized spacial score (nSPS) is 12.2. The molecule has 19 heavy (non-hydrogen) atoms. The van der Waals surface area contributed by atoms with Gasteiger partial charge in [-0.3, -0.25) is 4.79 Å². The first-order valence-electron chi connectivity index (χ1n) is 7.45. The van der Waals surface area contributed by atoms with Crippen molar-refractivity contribution in [1.82, 2.24) is 0 Å². The molecule has 0 saturated heterocycles. The van der Waals surface area contributed by atoms with Gasteiger partial charge in [-0.2, -0.15) is 0 Å². The van der Waals surface area contributed by atoms with E-state index in [4.69, 9.17) is 4.74 Å². The Balaban J connectivity index is 2.73. The molecule has 0 aliphatic heterocycles. The summed E-state index contributed by atoms with van der Waals surface area (Å²) in [4.78, 5) is 11.0. The highest BCUT2D eigenvalue weighted by Crippen LogP contribution is 2.29. The Bertz CT molecular complexity index is 385. The maximum absolute atomic E-state index is 11.0. The first-order chi connectivity index (χ1) is 9.17. The quantitative estimate of drug-likeness (QED) is 0.371. The van der Waals surface area contributed by atoms with Crippen LogP contribution in [-0.4, -0.2) is 5.97 Å². The van der Waals surface area contributed by atoms with Crippen molar-refractivity contribution in [3.05, 3.63) is 29.8 Å². The van der Waals surface area contributed by atoms with E-state index in [0.717, 1.165) is 0 Å². The van der Waals surface area contributed by atoms with Crippen LogP contribution in [0.3, 0.4) is 0 Å². The van der Waals surface area contributed by atoms with Crippen LogP contribution in [0, 0.1) is 0 Å². The van der Waals surface area contributed by atoms with Gasteiger partial charge in [0.1, 0.15) is 5.75 Å². The summed E-state index contributed by atoms with van der Waals surface area (Å²) in [6.45, 7) is 5.90. The largest absolute Gasteiger partial charge is 0.427 e. The van der Waals surface area contributed by atoms with Crippen LogP contribution in [0.15, 0.2) is 24.3 Å². The summed E-state index contributed by atoms with van der Waals surface area (Å²) in [5.74, 6) is 1.00. The molecule has 0 aliphatic carbocycles. The van der Waals surface area contributed by atoms with Crippen molar-refractivity contribution in [3.63, 3.8) is 0 Å². The second-order valence-corrected chi connectivity index (χ2v) is 5.15. The zero-order chi connectivity index (χ0) is 14.1. The van der Waals surface area contributed by atoms with Gasteiger partial charge in [0.15, 0.2) is 0 Å². The van der Waals surface area contributed by atoms with E-state index in [2.05, 4.69) is 19.9 Å². The first kappa shape index (κ1) is 15.7. The van der Waals surface area contributed by atoms with E-state index in [1.807, 2.05) is 18.2 Å². The Kier molecular flexibility index (Phi) is 7.24. The summed E-state index contributed by atoms with van der Waals surface area (Å²) >= 11 is 0. The summed E-state index contributed by atoms with van der Waals surface area (Å²) in [7, 11) is 0. The molecule has 0 N–H and O–H groups in total. The molecule has 0 heterocycles. The fourth-order valence-corrected chi connectivity index (χ4v) is 2.46. The first-order valence-corrected chi connectivity index (χ1v) is 7.45. The Morgan fingerprint density at radius 2 is 1.95 bits per heavy atom. The van der Waals surface area contributed by atoms with E-state index in [1.165, 1.54) is 51.0 Å². The Morgan fingerprint density at radius 1 is 1.16 bits per heavy atom. The molecular formula is C17H26O2. The highest BCUT2D eigenvalue weighted by Gasteiger charge is 2.11. The molecule has 0 bridgehead atoms. The van der Waals surface area contributed by atoms with Gasteiger partial charge in [-0.1, -0.05) is 51.7 Å². The van der Waals surface area contributed by atoms with E-state index < -0.39 is 0 Å². The summed E-state index contributed by atoms with van der Waals surface area (Å²) in [6.07, 6.45) is 7.45. The van der Waals surface area contributed by atoms with Crippen LogP contribution in [0.25, 0.3) is 0 Å². The molecular weight excluding hydrogens is 236 g/mol. The molecule has 106 valence electrons.